The molecule has 5 nitrogen and oxygen atoms in total. The molecule has 0 N–H and O–H groups in total. The fourth-order valence-electron chi connectivity index (χ4n) is 3.18. The maximum absolute atomic E-state index is 6.06. The SMILES string of the molecule is S=c1n(CN2CCCSCC2)nc(-c2ccc(Cl)cc2)n1Cc1ccco1. The molecule has 142 valence electrons. The van der Waals surface area contributed by atoms with Gasteiger partial charge in [0.05, 0.1) is 19.5 Å². The van der Waals surface area contributed by atoms with Crippen LogP contribution < -0.4 is 0 Å². The summed E-state index contributed by atoms with van der Waals surface area (Å²) in [5, 5.41) is 5.56. The number of furan rings is 1. The van der Waals surface area contributed by atoms with E-state index in [1.807, 2.05) is 57.4 Å². The van der Waals surface area contributed by atoms with E-state index in [4.69, 9.17) is 33.3 Å². The standard InChI is InChI=1S/C19H21ClN4OS2/c20-16-6-4-15(5-7-16)18-21-24(14-22-8-2-11-27-12-9-22)19(26)23(18)13-17-3-1-10-25-17/h1,3-7,10H,2,8-9,11-14H2. The molecule has 2 aromatic heterocycles. The Morgan fingerprint density at radius 3 is 2.78 bits per heavy atom. The van der Waals surface area contributed by atoms with Crippen LogP contribution in [0.1, 0.15) is 12.2 Å². The lowest BCUT2D eigenvalue weighted by Gasteiger charge is -2.18. The second-order valence-electron chi connectivity index (χ2n) is 6.50. The van der Waals surface area contributed by atoms with Crippen LogP contribution in [0.4, 0.5) is 0 Å². The third-order valence-corrected chi connectivity index (χ3v) is 6.30. The normalized spacial score (nSPS) is 15.7. The Labute approximate surface area is 172 Å². The van der Waals surface area contributed by atoms with Gasteiger partial charge in [-0.25, -0.2) is 4.68 Å². The van der Waals surface area contributed by atoms with Gasteiger partial charge in [-0.3, -0.25) is 9.47 Å². The molecule has 0 saturated carbocycles. The van der Waals surface area contributed by atoms with E-state index in [2.05, 4.69) is 4.90 Å². The molecule has 27 heavy (non-hydrogen) atoms. The molecule has 0 radical (unpaired) electrons. The van der Waals surface area contributed by atoms with Gasteiger partial charge in [-0.2, -0.15) is 16.9 Å². The highest BCUT2D eigenvalue weighted by Gasteiger charge is 2.17. The van der Waals surface area contributed by atoms with Gasteiger partial charge in [0.15, 0.2) is 10.6 Å². The van der Waals surface area contributed by atoms with Gasteiger partial charge >= 0.3 is 0 Å². The van der Waals surface area contributed by atoms with Crippen molar-refractivity contribution in [1.82, 2.24) is 19.2 Å². The first kappa shape index (κ1) is 18.8. The zero-order valence-corrected chi connectivity index (χ0v) is 17.3. The summed E-state index contributed by atoms with van der Waals surface area (Å²) in [6.45, 7) is 3.41. The van der Waals surface area contributed by atoms with Crippen molar-refractivity contribution < 1.29 is 4.42 Å². The zero-order valence-electron chi connectivity index (χ0n) is 14.9. The molecule has 4 rings (SSSR count). The first-order valence-corrected chi connectivity index (χ1v) is 10.9. The molecule has 0 aliphatic carbocycles. The van der Waals surface area contributed by atoms with E-state index >= 15 is 0 Å². The lowest BCUT2D eigenvalue weighted by molar-refractivity contribution is 0.221. The minimum Gasteiger partial charge on any atom is -0.467 e. The summed E-state index contributed by atoms with van der Waals surface area (Å²) in [4.78, 5) is 2.42. The first-order valence-electron chi connectivity index (χ1n) is 8.97. The maximum atomic E-state index is 6.06. The number of halogens is 1. The number of rotatable bonds is 5. The topological polar surface area (TPSA) is 39.1 Å². The highest BCUT2D eigenvalue weighted by molar-refractivity contribution is 7.99. The molecule has 1 aromatic carbocycles. The summed E-state index contributed by atoms with van der Waals surface area (Å²) < 4.78 is 10.2. The second kappa shape index (κ2) is 8.65. The van der Waals surface area contributed by atoms with Crippen molar-refractivity contribution in [3.05, 3.63) is 58.2 Å². The van der Waals surface area contributed by atoms with Crippen LogP contribution in [0.25, 0.3) is 11.4 Å². The van der Waals surface area contributed by atoms with Crippen LogP contribution in [0, 0.1) is 4.77 Å². The predicted octanol–water partition coefficient (Wildman–Crippen LogP) is 4.77. The van der Waals surface area contributed by atoms with Crippen molar-refractivity contribution >= 4 is 35.6 Å². The molecule has 3 heterocycles. The van der Waals surface area contributed by atoms with E-state index in [0.717, 1.165) is 36.0 Å². The van der Waals surface area contributed by atoms with Crippen molar-refractivity contribution in [1.29, 1.82) is 0 Å². The molecule has 1 aliphatic rings. The molecule has 8 heteroatoms. The van der Waals surface area contributed by atoms with Crippen molar-refractivity contribution in [2.24, 2.45) is 0 Å². The Morgan fingerprint density at radius 1 is 1.15 bits per heavy atom. The quantitative estimate of drug-likeness (QED) is 0.556. The Hall–Kier alpha value is -1.54. The van der Waals surface area contributed by atoms with Crippen LogP contribution in [-0.2, 0) is 13.2 Å². The van der Waals surface area contributed by atoms with Crippen LogP contribution in [0.2, 0.25) is 5.02 Å². The van der Waals surface area contributed by atoms with Gasteiger partial charge in [0.25, 0.3) is 0 Å². The summed E-state index contributed by atoms with van der Waals surface area (Å²) in [7, 11) is 0. The Kier molecular flexibility index (Phi) is 6.02. The average molecular weight is 421 g/mol. The average Bonchev–Trinajstić information content (AvgIpc) is 3.19. The largest absolute Gasteiger partial charge is 0.467 e. The van der Waals surface area contributed by atoms with Gasteiger partial charge in [-0.15, -0.1) is 0 Å². The Balaban J connectivity index is 1.69. The summed E-state index contributed by atoms with van der Waals surface area (Å²) in [5.74, 6) is 4.07. The molecule has 3 aromatic rings. The van der Waals surface area contributed by atoms with Crippen LogP contribution in [0.15, 0.2) is 47.1 Å². The second-order valence-corrected chi connectivity index (χ2v) is 8.53. The molecule has 0 unspecified atom stereocenters. The number of nitrogens with zero attached hydrogens (tertiary/aromatic N) is 4. The molecule has 0 amide bonds. The van der Waals surface area contributed by atoms with Crippen molar-refractivity contribution in [2.45, 2.75) is 19.6 Å². The number of benzene rings is 1. The van der Waals surface area contributed by atoms with Gasteiger partial charge < -0.3 is 4.42 Å². The van der Waals surface area contributed by atoms with Crippen molar-refractivity contribution in [2.75, 3.05) is 24.6 Å². The van der Waals surface area contributed by atoms with Gasteiger partial charge in [0.1, 0.15) is 5.76 Å². The maximum Gasteiger partial charge on any atom is 0.199 e. The summed E-state index contributed by atoms with van der Waals surface area (Å²) in [5.41, 5.74) is 0.988. The molecule has 0 atom stereocenters. The van der Waals surface area contributed by atoms with Crippen LogP contribution >= 0.6 is 35.6 Å². The van der Waals surface area contributed by atoms with Gasteiger partial charge in [-0.05, 0) is 60.8 Å². The fourth-order valence-corrected chi connectivity index (χ4v) is 4.48. The van der Waals surface area contributed by atoms with Gasteiger partial charge in [0.2, 0.25) is 0 Å². The van der Waals surface area contributed by atoms with E-state index in [9.17, 15) is 0 Å². The third-order valence-electron chi connectivity index (χ3n) is 4.57. The first-order chi connectivity index (χ1) is 13.2. The molecule has 0 spiro atoms. The minimum absolute atomic E-state index is 0.555. The van der Waals surface area contributed by atoms with E-state index in [0.29, 0.717) is 23.0 Å². The van der Waals surface area contributed by atoms with Crippen LogP contribution in [0.5, 0.6) is 0 Å². The zero-order chi connectivity index (χ0) is 18.6. The van der Waals surface area contributed by atoms with E-state index in [1.54, 1.807) is 6.26 Å². The van der Waals surface area contributed by atoms with Crippen LogP contribution in [-0.4, -0.2) is 43.8 Å². The summed E-state index contributed by atoms with van der Waals surface area (Å²) in [6, 6.07) is 11.6. The summed E-state index contributed by atoms with van der Waals surface area (Å²) >= 11 is 13.9. The smallest absolute Gasteiger partial charge is 0.199 e. The monoisotopic (exact) mass is 420 g/mol. The Morgan fingerprint density at radius 2 is 2.00 bits per heavy atom. The Bertz CT molecular complexity index is 926. The van der Waals surface area contributed by atoms with Crippen molar-refractivity contribution in [3.8, 4) is 11.4 Å². The molecule has 1 saturated heterocycles. The lowest BCUT2D eigenvalue weighted by Crippen LogP contribution is -2.29. The summed E-state index contributed by atoms with van der Waals surface area (Å²) in [6.07, 6.45) is 2.88. The molecular formula is C19H21ClN4OS2. The highest BCUT2D eigenvalue weighted by atomic mass is 35.5. The predicted molar refractivity (Wildman–Crippen MR) is 113 cm³/mol. The molecule has 1 fully saturated rings. The van der Waals surface area contributed by atoms with E-state index in [-0.39, 0.29) is 0 Å². The fraction of sp³-hybridized carbons (Fsp3) is 0.368. The number of thioether (sulfide) groups is 1. The molecule has 0 bridgehead atoms. The lowest BCUT2D eigenvalue weighted by atomic mass is 10.2. The minimum atomic E-state index is 0.555. The van der Waals surface area contributed by atoms with E-state index < -0.39 is 0 Å². The van der Waals surface area contributed by atoms with Gasteiger partial charge in [-0.1, -0.05) is 11.6 Å². The number of aromatic nitrogens is 3. The number of hydrogen-bond donors (Lipinski definition) is 0. The molecular weight excluding hydrogens is 400 g/mol. The third kappa shape index (κ3) is 4.48. The molecule has 1 aliphatic heterocycles. The van der Waals surface area contributed by atoms with Crippen molar-refractivity contribution in [3.63, 3.8) is 0 Å². The van der Waals surface area contributed by atoms with E-state index in [1.165, 1.54) is 12.2 Å². The number of hydrogen-bond acceptors (Lipinski definition) is 5. The highest BCUT2D eigenvalue weighted by Crippen LogP contribution is 2.22. The van der Waals surface area contributed by atoms with Gasteiger partial charge in [0, 0.05) is 29.4 Å². The van der Waals surface area contributed by atoms with Crippen LogP contribution in [0.3, 0.4) is 0 Å².